The first-order valence-corrected chi connectivity index (χ1v) is 9.01. The zero-order chi connectivity index (χ0) is 19.4. The Labute approximate surface area is 158 Å². The smallest absolute Gasteiger partial charge is 0.267 e. The van der Waals surface area contributed by atoms with Gasteiger partial charge in [0.1, 0.15) is 6.54 Å². The molecule has 27 heavy (non-hydrogen) atoms. The third-order valence-corrected chi connectivity index (χ3v) is 4.64. The molecule has 0 fully saturated rings. The topological polar surface area (TPSA) is 64.0 Å². The van der Waals surface area contributed by atoms with Crippen LogP contribution in [0.2, 0.25) is 0 Å². The monoisotopic (exact) mass is 361 g/mol. The van der Waals surface area contributed by atoms with E-state index in [2.05, 4.69) is 10.4 Å². The van der Waals surface area contributed by atoms with Gasteiger partial charge in [-0.2, -0.15) is 5.10 Å². The maximum Gasteiger partial charge on any atom is 0.267 e. The number of amides is 1. The molecule has 5 nitrogen and oxygen atoms in total. The summed E-state index contributed by atoms with van der Waals surface area (Å²) in [5, 5.41) is 7.26. The van der Waals surface area contributed by atoms with Crippen LogP contribution in [-0.4, -0.2) is 15.7 Å². The first-order valence-electron chi connectivity index (χ1n) is 9.01. The summed E-state index contributed by atoms with van der Waals surface area (Å²) < 4.78 is 1.20. The second-order valence-electron chi connectivity index (χ2n) is 6.57. The number of benzene rings is 2. The standard InChI is InChI=1S/C22H23N3O2/c1-4-17-7-5-6-8-19(17)23-21(26)14-25-22(27)12-11-20(24-25)18-10-9-15(2)16(3)13-18/h5-13H,4,14H2,1-3H3,(H,23,26). The summed E-state index contributed by atoms with van der Waals surface area (Å²) in [6.45, 7) is 5.99. The fourth-order valence-electron chi connectivity index (χ4n) is 2.89. The molecule has 0 saturated carbocycles. The van der Waals surface area contributed by atoms with Crippen molar-refractivity contribution < 1.29 is 4.79 Å². The van der Waals surface area contributed by atoms with Gasteiger partial charge in [0.25, 0.3) is 5.56 Å². The molecule has 138 valence electrons. The third-order valence-electron chi connectivity index (χ3n) is 4.64. The van der Waals surface area contributed by atoms with E-state index in [1.54, 1.807) is 6.07 Å². The Morgan fingerprint density at radius 2 is 1.81 bits per heavy atom. The molecule has 1 amide bonds. The Kier molecular flexibility index (Phi) is 5.50. The summed E-state index contributed by atoms with van der Waals surface area (Å²) in [5.41, 5.74) is 5.45. The number of anilines is 1. The summed E-state index contributed by atoms with van der Waals surface area (Å²) in [5.74, 6) is -0.275. The van der Waals surface area contributed by atoms with Gasteiger partial charge < -0.3 is 5.32 Å². The summed E-state index contributed by atoms with van der Waals surface area (Å²) in [7, 11) is 0. The van der Waals surface area contributed by atoms with Crippen LogP contribution in [-0.2, 0) is 17.8 Å². The van der Waals surface area contributed by atoms with Gasteiger partial charge in [-0.3, -0.25) is 9.59 Å². The van der Waals surface area contributed by atoms with Crippen LogP contribution in [0.4, 0.5) is 5.69 Å². The molecule has 3 rings (SSSR count). The molecule has 2 aromatic carbocycles. The van der Waals surface area contributed by atoms with Gasteiger partial charge in [-0.1, -0.05) is 37.3 Å². The molecule has 0 aliphatic carbocycles. The predicted octanol–water partition coefficient (Wildman–Crippen LogP) is 3.73. The van der Waals surface area contributed by atoms with Gasteiger partial charge in [0, 0.05) is 17.3 Å². The SMILES string of the molecule is CCc1ccccc1NC(=O)Cn1nc(-c2ccc(C)c(C)c2)ccc1=O. The van der Waals surface area contributed by atoms with Crippen LogP contribution in [0.15, 0.2) is 59.4 Å². The Morgan fingerprint density at radius 1 is 1.04 bits per heavy atom. The lowest BCUT2D eigenvalue weighted by Crippen LogP contribution is -2.29. The number of hydrogen-bond donors (Lipinski definition) is 1. The van der Waals surface area contributed by atoms with Crippen LogP contribution in [0, 0.1) is 13.8 Å². The van der Waals surface area contributed by atoms with E-state index < -0.39 is 0 Å². The van der Waals surface area contributed by atoms with Crippen LogP contribution in [0.3, 0.4) is 0 Å². The van der Waals surface area contributed by atoms with Gasteiger partial charge in [0.15, 0.2) is 0 Å². The highest BCUT2D eigenvalue weighted by molar-refractivity contribution is 5.91. The molecule has 5 heteroatoms. The molecule has 1 N–H and O–H groups in total. The normalized spacial score (nSPS) is 10.6. The molecular weight excluding hydrogens is 338 g/mol. The Morgan fingerprint density at radius 3 is 2.56 bits per heavy atom. The molecule has 0 spiro atoms. The van der Waals surface area contributed by atoms with E-state index in [0.717, 1.165) is 28.8 Å². The second-order valence-corrected chi connectivity index (χ2v) is 6.57. The molecule has 0 bridgehead atoms. The zero-order valence-corrected chi connectivity index (χ0v) is 15.8. The minimum Gasteiger partial charge on any atom is -0.324 e. The molecule has 1 aromatic heterocycles. The van der Waals surface area contributed by atoms with Gasteiger partial charge in [-0.05, 0) is 55.2 Å². The number of carbonyl (C=O) groups is 1. The lowest BCUT2D eigenvalue weighted by molar-refractivity contribution is -0.117. The highest BCUT2D eigenvalue weighted by Gasteiger charge is 2.10. The predicted molar refractivity (Wildman–Crippen MR) is 108 cm³/mol. The average Bonchev–Trinajstić information content (AvgIpc) is 2.66. The van der Waals surface area contributed by atoms with Crippen molar-refractivity contribution in [3.05, 3.63) is 81.6 Å². The van der Waals surface area contributed by atoms with Crippen molar-refractivity contribution in [1.29, 1.82) is 0 Å². The van der Waals surface area contributed by atoms with Crippen LogP contribution >= 0.6 is 0 Å². The molecule has 1 heterocycles. The Balaban J connectivity index is 1.83. The van der Waals surface area contributed by atoms with E-state index in [1.165, 1.54) is 16.3 Å². The number of hydrogen-bond acceptors (Lipinski definition) is 3. The van der Waals surface area contributed by atoms with Crippen LogP contribution in [0.25, 0.3) is 11.3 Å². The lowest BCUT2D eigenvalue weighted by atomic mass is 10.0. The molecule has 0 unspecified atom stereocenters. The minimum absolute atomic E-state index is 0.129. The zero-order valence-electron chi connectivity index (χ0n) is 15.8. The van der Waals surface area contributed by atoms with Crippen molar-refractivity contribution >= 4 is 11.6 Å². The Hall–Kier alpha value is -3.21. The molecule has 0 saturated heterocycles. The van der Waals surface area contributed by atoms with Gasteiger partial charge in [0.05, 0.1) is 5.69 Å². The third kappa shape index (κ3) is 4.31. The molecule has 0 atom stereocenters. The molecule has 3 aromatic rings. The number of carbonyl (C=O) groups excluding carboxylic acids is 1. The van der Waals surface area contributed by atoms with Crippen molar-refractivity contribution in [2.45, 2.75) is 33.7 Å². The maximum atomic E-state index is 12.4. The first kappa shape index (κ1) is 18.6. The first-order chi connectivity index (χ1) is 13.0. The van der Waals surface area contributed by atoms with Crippen LogP contribution in [0.1, 0.15) is 23.6 Å². The number of aromatic nitrogens is 2. The van der Waals surface area contributed by atoms with E-state index in [0.29, 0.717) is 5.69 Å². The van der Waals surface area contributed by atoms with Crippen molar-refractivity contribution in [2.75, 3.05) is 5.32 Å². The van der Waals surface area contributed by atoms with E-state index in [1.807, 2.05) is 63.2 Å². The number of nitrogens with one attached hydrogen (secondary N) is 1. The molecular formula is C22H23N3O2. The highest BCUT2D eigenvalue weighted by Crippen LogP contribution is 2.19. The number of rotatable bonds is 5. The molecule has 0 aliphatic rings. The summed E-state index contributed by atoms with van der Waals surface area (Å²) in [4.78, 5) is 24.6. The van der Waals surface area contributed by atoms with Crippen LogP contribution < -0.4 is 10.9 Å². The van der Waals surface area contributed by atoms with E-state index in [-0.39, 0.29) is 18.0 Å². The van der Waals surface area contributed by atoms with Gasteiger partial charge in [0.2, 0.25) is 5.91 Å². The quantitative estimate of drug-likeness (QED) is 0.753. The molecule has 0 radical (unpaired) electrons. The minimum atomic E-state index is -0.304. The largest absolute Gasteiger partial charge is 0.324 e. The summed E-state index contributed by atoms with van der Waals surface area (Å²) in [6, 6.07) is 16.8. The molecule has 0 aliphatic heterocycles. The van der Waals surface area contributed by atoms with Crippen molar-refractivity contribution in [3.8, 4) is 11.3 Å². The van der Waals surface area contributed by atoms with E-state index >= 15 is 0 Å². The Bertz CT molecular complexity index is 1040. The van der Waals surface area contributed by atoms with Crippen molar-refractivity contribution in [2.24, 2.45) is 0 Å². The van der Waals surface area contributed by atoms with E-state index in [4.69, 9.17) is 0 Å². The van der Waals surface area contributed by atoms with Gasteiger partial charge in [-0.15, -0.1) is 0 Å². The summed E-state index contributed by atoms with van der Waals surface area (Å²) >= 11 is 0. The van der Waals surface area contributed by atoms with Gasteiger partial charge in [-0.25, -0.2) is 4.68 Å². The van der Waals surface area contributed by atoms with Gasteiger partial charge >= 0.3 is 0 Å². The average molecular weight is 361 g/mol. The number of para-hydroxylation sites is 1. The fraction of sp³-hybridized carbons (Fsp3) is 0.227. The highest BCUT2D eigenvalue weighted by atomic mass is 16.2. The van der Waals surface area contributed by atoms with Crippen LogP contribution in [0.5, 0.6) is 0 Å². The summed E-state index contributed by atoms with van der Waals surface area (Å²) in [6.07, 6.45) is 0.816. The van der Waals surface area contributed by atoms with Crippen molar-refractivity contribution in [3.63, 3.8) is 0 Å². The fourth-order valence-corrected chi connectivity index (χ4v) is 2.89. The maximum absolute atomic E-state index is 12.4. The lowest BCUT2D eigenvalue weighted by Gasteiger charge is -2.11. The second kappa shape index (κ2) is 7.99. The van der Waals surface area contributed by atoms with E-state index in [9.17, 15) is 9.59 Å². The number of aryl methyl sites for hydroxylation is 3. The number of nitrogens with zero attached hydrogens (tertiary/aromatic N) is 2. The van der Waals surface area contributed by atoms with Crippen molar-refractivity contribution in [1.82, 2.24) is 9.78 Å².